The van der Waals surface area contributed by atoms with Crippen LogP contribution in [0.5, 0.6) is 0 Å². The van der Waals surface area contributed by atoms with E-state index in [0.717, 1.165) is 63.0 Å². The van der Waals surface area contributed by atoms with Crippen LogP contribution in [0, 0.1) is 5.41 Å². The lowest BCUT2D eigenvalue weighted by atomic mass is 9.80. The Morgan fingerprint density at radius 2 is 1.91 bits per heavy atom. The van der Waals surface area contributed by atoms with Crippen molar-refractivity contribution in [3.63, 3.8) is 0 Å². The van der Waals surface area contributed by atoms with Gasteiger partial charge >= 0.3 is 0 Å². The Kier molecular flexibility index (Phi) is 4.92. The van der Waals surface area contributed by atoms with Gasteiger partial charge in [0.15, 0.2) is 0 Å². The van der Waals surface area contributed by atoms with Gasteiger partial charge in [-0.25, -0.2) is 4.52 Å². The second-order valence-electron chi connectivity index (χ2n) is 9.86. The molecule has 3 aromatic rings. The molecule has 1 N–H and O–H groups in total. The zero-order valence-electron chi connectivity index (χ0n) is 18.7. The standard InChI is InChI=1S/C24H29N7O2/c32-22(26-17-5-1-2-6-17)21-28-27-20-8-9-24(11-14-30(20)21)10-13-29(16-24)23(33)18-15-25-31-12-4-3-7-19(18)31/h3-4,7,12,15,17H,1-2,5-6,8-11,13-14,16H2,(H,26,32). The quantitative estimate of drug-likeness (QED) is 0.665. The summed E-state index contributed by atoms with van der Waals surface area (Å²) in [6.07, 6.45) is 11.6. The molecule has 6 rings (SSSR count). The van der Waals surface area contributed by atoms with Crippen LogP contribution < -0.4 is 5.32 Å². The molecule has 1 aliphatic carbocycles. The number of nitrogens with zero attached hydrogens (tertiary/aromatic N) is 6. The van der Waals surface area contributed by atoms with Crippen LogP contribution in [-0.4, -0.2) is 60.2 Å². The number of amides is 2. The Balaban J connectivity index is 1.16. The molecule has 2 fully saturated rings. The molecule has 2 amide bonds. The number of aromatic nitrogens is 5. The monoisotopic (exact) mass is 447 g/mol. The molecular formula is C24H29N7O2. The lowest BCUT2D eigenvalue weighted by Gasteiger charge is -2.27. The molecule has 9 heteroatoms. The maximum absolute atomic E-state index is 13.3. The van der Waals surface area contributed by atoms with E-state index in [4.69, 9.17) is 0 Å². The number of likely N-dealkylation sites (tertiary alicyclic amines) is 1. The molecule has 1 atom stereocenters. The summed E-state index contributed by atoms with van der Waals surface area (Å²) in [6, 6.07) is 6.03. The van der Waals surface area contributed by atoms with Gasteiger partial charge in [0.25, 0.3) is 11.8 Å². The van der Waals surface area contributed by atoms with E-state index in [0.29, 0.717) is 17.9 Å². The fraction of sp³-hybridized carbons (Fsp3) is 0.542. The highest BCUT2D eigenvalue weighted by Crippen LogP contribution is 2.41. The Morgan fingerprint density at radius 1 is 1.06 bits per heavy atom. The Morgan fingerprint density at radius 3 is 2.79 bits per heavy atom. The lowest BCUT2D eigenvalue weighted by Crippen LogP contribution is -2.35. The molecule has 1 spiro atoms. The van der Waals surface area contributed by atoms with Crippen molar-refractivity contribution < 1.29 is 9.59 Å². The number of rotatable bonds is 3. The number of hydrogen-bond acceptors (Lipinski definition) is 5. The zero-order chi connectivity index (χ0) is 22.4. The van der Waals surface area contributed by atoms with E-state index in [1.54, 1.807) is 10.7 Å². The minimum atomic E-state index is -0.104. The molecule has 33 heavy (non-hydrogen) atoms. The SMILES string of the molecule is O=C(NC1CCCC1)c1nnc2n1CCC1(CC2)CCN(C(=O)c2cnn3ccccc23)C1. The van der Waals surface area contributed by atoms with E-state index < -0.39 is 0 Å². The number of carbonyl (C=O) groups is 2. The van der Waals surface area contributed by atoms with Crippen LogP contribution >= 0.6 is 0 Å². The number of fused-ring (bicyclic) bond motifs is 2. The van der Waals surface area contributed by atoms with Gasteiger partial charge in [-0.2, -0.15) is 5.10 Å². The van der Waals surface area contributed by atoms with Crippen LogP contribution in [0.25, 0.3) is 5.52 Å². The highest BCUT2D eigenvalue weighted by Gasteiger charge is 2.42. The van der Waals surface area contributed by atoms with Crippen molar-refractivity contribution in [2.45, 2.75) is 64.0 Å². The van der Waals surface area contributed by atoms with E-state index in [2.05, 4.69) is 20.6 Å². The molecule has 9 nitrogen and oxygen atoms in total. The predicted molar refractivity (Wildman–Crippen MR) is 121 cm³/mol. The first-order chi connectivity index (χ1) is 16.1. The second-order valence-corrected chi connectivity index (χ2v) is 9.86. The Bertz CT molecular complexity index is 1210. The normalized spacial score (nSPS) is 23.2. The van der Waals surface area contributed by atoms with Crippen LogP contribution in [0.4, 0.5) is 0 Å². The van der Waals surface area contributed by atoms with Crippen LogP contribution in [0.3, 0.4) is 0 Å². The van der Waals surface area contributed by atoms with Crippen LogP contribution in [0.1, 0.15) is 71.7 Å². The van der Waals surface area contributed by atoms with E-state index in [-0.39, 0.29) is 23.3 Å². The van der Waals surface area contributed by atoms with Crippen LogP contribution in [0.15, 0.2) is 30.6 Å². The third-order valence-corrected chi connectivity index (χ3v) is 7.85. The Hall–Kier alpha value is -3.23. The molecule has 1 unspecified atom stereocenters. The first kappa shape index (κ1) is 20.4. The van der Waals surface area contributed by atoms with Gasteiger partial charge < -0.3 is 14.8 Å². The first-order valence-corrected chi connectivity index (χ1v) is 12.1. The summed E-state index contributed by atoms with van der Waals surface area (Å²) in [5.74, 6) is 1.27. The fourth-order valence-corrected chi connectivity index (χ4v) is 5.88. The molecule has 3 aliphatic rings. The van der Waals surface area contributed by atoms with Gasteiger partial charge in [0.1, 0.15) is 5.82 Å². The molecule has 0 radical (unpaired) electrons. The maximum Gasteiger partial charge on any atom is 0.289 e. The van der Waals surface area contributed by atoms with Gasteiger partial charge in [0.05, 0.1) is 17.3 Å². The lowest BCUT2D eigenvalue weighted by molar-refractivity contribution is 0.0769. The average Bonchev–Trinajstić information content (AvgIpc) is 3.61. The summed E-state index contributed by atoms with van der Waals surface area (Å²) in [6.45, 7) is 2.20. The van der Waals surface area contributed by atoms with E-state index in [1.165, 1.54) is 12.8 Å². The topological polar surface area (TPSA) is 97.4 Å². The highest BCUT2D eigenvalue weighted by atomic mass is 16.2. The highest BCUT2D eigenvalue weighted by molar-refractivity contribution is 6.00. The third-order valence-electron chi connectivity index (χ3n) is 7.85. The number of hydrogen-bond donors (Lipinski definition) is 1. The maximum atomic E-state index is 13.3. The van der Waals surface area contributed by atoms with Crippen molar-refractivity contribution in [1.82, 2.24) is 34.6 Å². The van der Waals surface area contributed by atoms with Crippen molar-refractivity contribution in [3.8, 4) is 0 Å². The molecule has 5 heterocycles. The number of pyridine rings is 1. The Labute approximate surface area is 192 Å². The molecular weight excluding hydrogens is 418 g/mol. The number of nitrogens with one attached hydrogen (secondary N) is 1. The molecule has 0 aromatic carbocycles. The summed E-state index contributed by atoms with van der Waals surface area (Å²) < 4.78 is 3.75. The fourth-order valence-electron chi connectivity index (χ4n) is 5.88. The molecule has 172 valence electrons. The van der Waals surface area contributed by atoms with Gasteiger partial charge in [0, 0.05) is 38.3 Å². The van der Waals surface area contributed by atoms with Crippen LogP contribution in [-0.2, 0) is 13.0 Å². The molecule has 2 aliphatic heterocycles. The minimum Gasteiger partial charge on any atom is -0.347 e. The van der Waals surface area contributed by atoms with Gasteiger partial charge in [-0.1, -0.05) is 18.9 Å². The molecule has 1 saturated carbocycles. The largest absolute Gasteiger partial charge is 0.347 e. The molecule has 3 aromatic heterocycles. The summed E-state index contributed by atoms with van der Waals surface area (Å²) >= 11 is 0. The number of carbonyl (C=O) groups excluding carboxylic acids is 2. The van der Waals surface area contributed by atoms with Crippen LogP contribution in [0.2, 0.25) is 0 Å². The second kappa shape index (κ2) is 7.97. The minimum absolute atomic E-state index is 0.0494. The summed E-state index contributed by atoms with van der Waals surface area (Å²) in [5, 5.41) is 16.1. The van der Waals surface area contributed by atoms with Gasteiger partial charge in [-0.15, -0.1) is 10.2 Å². The zero-order valence-corrected chi connectivity index (χ0v) is 18.7. The summed E-state index contributed by atoms with van der Waals surface area (Å²) in [5.41, 5.74) is 1.55. The third kappa shape index (κ3) is 3.59. The van der Waals surface area contributed by atoms with Crippen molar-refractivity contribution >= 4 is 17.3 Å². The molecule has 0 bridgehead atoms. The number of aryl methyl sites for hydroxylation is 1. The van der Waals surface area contributed by atoms with E-state index >= 15 is 0 Å². The smallest absolute Gasteiger partial charge is 0.289 e. The average molecular weight is 448 g/mol. The van der Waals surface area contributed by atoms with Gasteiger partial charge in [-0.05, 0) is 49.7 Å². The summed E-state index contributed by atoms with van der Waals surface area (Å²) in [4.78, 5) is 28.1. The predicted octanol–water partition coefficient (Wildman–Crippen LogP) is 2.47. The molecule has 1 saturated heterocycles. The van der Waals surface area contributed by atoms with Crippen molar-refractivity contribution in [2.75, 3.05) is 13.1 Å². The van der Waals surface area contributed by atoms with Gasteiger partial charge in [0.2, 0.25) is 5.82 Å². The first-order valence-electron chi connectivity index (χ1n) is 12.1. The van der Waals surface area contributed by atoms with Crippen molar-refractivity contribution in [1.29, 1.82) is 0 Å². The van der Waals surface area contributed by atoms with E-state index in [1.807, 2.05) is 33.9 Å². The summed E-state index contributed by atoms with van der Waals surface area (Å²) in [7, 11) is 0. The van der Waals surface area contributed by atoms with E-state index in [9.17, 15) is 9.59 Å². The van der Waals surface area contributed by atoms with Gasteiger partial charge in [-0.3, -0.25) is 9.59 Å². The van der Waals surface area contributed by atoms with Crippen molar-refractivity contribution in [2.24, 2.45) is 5.41 Å². The van der Waals surface area contributed by atoms with Crippen molar-refractivity contribution in [3.05, 3.63) is 47.8 Å².